The molecule has 2 unspecified atom stereocenters. The van der Waals surface area contributed by atoms with E-state index in [0.29, 0.717) is 12.5 Å². The molecular weight excluding hydrogens is 332 g/mol. The van der Waals surface area contributed by atoms with Crippen LogP contribution in [-0.4, -0.2) is 11.7 Å². The van der Waals surface area contributed by atoms with Crippen LogP contribution in [0.5, 0.6) is 0 Å². The molecule has 0 aliphatic carbocycles. The summed E-state index contributed by atoms with van der Waals surface area (Å²) in [7, 11) is 0. The molecule has 0 saturated heterocycles. The quantitative estimate of drug-likeness (QED) is 0.457. The second kappa shape index (κ2) is 10.7. The minimum absolute atomic E-state index is 0.442. The van der Waals surface area contributed by atoms with Gasteiger partial charge in [-0.15, -0.1) is 0 Å². The third-order valence-electron chi connectivity index (χ3n) is 4.96. The number of ether oxygens (including phenoxy) is 1. The van der Waals surface area contributed by atoms with Crippen LogP contribution in [0.2, 0.25) is 0 Å². The summed E-state index contributed by atoms with van der Waals surface area (Å²) in [4.78, 5) is 0. The predicted octanol–water partition coefficient (Wildman–Crippen LogP) is 5.89. The van der Waals surface area contributed by atoms with Crippen molar-refractivity contribution >= 4 is 0 Å². The van der Waals surface area contributed by atoms with E-state index < -0.39 is 6.29 Å². The van der Waals surface area contributed by atoms with Crippen LogP contribution < -0.4 is 0 Å². The predicted molar refractivity (Wildman–Crippen MR) is 111 cm³/mol. The van der Waals surface area contributed by atoms with E-state index >= 15 is 0 Å². The summed E-state index contributed by atoms with van der Waals surface area (Å²) in [5.74, 6) is 0.442. The molecule has 0 aromatic heterocycles. The molecule has 2 nitrogen and oxygen atoms in total. The van der Waals surface area contributed by atoms with Crippen LogP contribution in [0.1, 0.15) is 48.2 Å². The molecule has 1 N–H and O–H groups in total. The molecule has 2 heteroatoms. The molecule has 0 saturated carbocycles. The minimum Gasteiger partial charge on any atom is -0.364 e. The highest BCUT2D eigenvalue weighted by Gasteiger charge is 2.13. The van der Waals surface area contributed by atoms with Crippen molar-refractivity contribution in [2.45, 2.75) is 37.9 Å². The number of aliphatic hydroxyl groups excluding tert-OH is 1. The zero-order chi connectivity index (χ0) is 18.7. The molecule has 0 bridgehead atoms. The highest BCUT2D eigenvalue weighted by atomic mass is 16.6. The van der Waals surface area contributed by atoms with Crippen LogP contribution in [0.3, 0.4) is 0 Å². The summed E-state index contributed by atoms with van der Waals surface area (Å²) in [6.07, 6.45) is 3.40. The van der Waals surface area contributed by atoms with Crippen molar-refractivity contribution < 1.29 is 9.84 Å². The van der Waals surface area contributed by atoms with Gasteiger partial charge in [-0.1, -0.05) is 91.0 Å². The van der Waals surface area contributed by atoms with E-state index in [1.807, 2.05) is 30.3 Å². The lowest BCUT2D eigenvalue weighted by molar-refractivity contribution is -0.104. The van der Waals surface area contributed by atoms with E-state index in [0.717, 1.165) is 31.2 Å². The topological polar surface area (TPSA) is 29.5 Å². The molecule has 3 rings (SSSR count). The molecule has 0 spiro atoms. The maximum absolute atomic E-state index is 10.2. The number of aryl methyl sites for hydroxylation is 1. The second-order valence-electron chi connectivity index (χ2n) is 6.91. The third kappa shape index (κ3) is 6.35. The summed E-state index contributed by atoms with van der Waals surface area (Å²) < 4.78 is 5.70. The Morgan fingerprint density at radius 2 is 1.22 bits per heavy atom. The van der Waals surface area contributed by atoms with Gasteiger partial charge in [0, 0.05) is 5.56 Å². The van der Waals surface area contributed by atoms with Crippen LogP contribution in [0.15, 0.2) is 91.0 Å². The number of hydrogen-bond acceptors (Lipinski definition) is 2. The summed E-state index contributed by atoms with van der Waals surface area (Å²) in [5.41, 5.74) is 3.54. The van der Waals surface area contributed by atoms with Gasteiger partial charge < -0.3 is 9.84 Å². The van der Waals surface area contributed by atoms with Crippen molar-refractivity contribution in [1.29, 1.82) is 0 Å². The van der Waals surface area contributed by atoms with E-state index in [1.165, 1.54) is 11.1 Å². The Balaban J connectivity index is 1.52. The third-order valence-corrected chi connectivity index (χ3v) is 4.96. The maximum atomic E-state index is 10.2. The van der Waals surface area contributed by atoms with Crippen molar-refractivity contribution in [3.63, 3.8) is 0 Å². The molecule has 3 aromatic carbocycles. The van der Waals surface area contributed by atoms with Crippen molar-refractivity contribution in [2.75, 3.05) is 6.61 Å². The standard InChI is InChI=1S/C25H28O2/c26-25(24-16-8-3-9-17-24)27-20-19-23(22-14-6-2-7-15-22)18-10-13-21-11-4-1-5-12-21/h1-9,11-12,14-17,23,25-26H,10,13,18-20H2. The second-order valence-corrected chi connectivity index (χ2v) is 6.91. The molecule has 0 radical (unpaired) electrons. The molecule has 0 aliphatic rings. The Hall–Kier alpha value is -2.42. The minimum atomic E-state index is -0.855. The van der Waals surface area contributed by atoms with Crippen molar-refractivity contribution in [3.8, 4) is 0 Å². The zero-order valence-electron chi connectivity index (χ0n) is 15.7. The smallest absolute Gasteiger partial charge is 0.181 e. The highest BCUT2D eigenvalue weighted by Crippen LogP contribution is 2.27. The van der Waals surface area contributed by atoms with Gasteiger partial charge in [-0.25, -0.2) is 0 Å². The van der Waals surface area contributed by atoms with Crippen molar-refractivity contribution in [1.82, 2.24) is 0 Å². The van der Waals surface area contributed by atoms with Gasteiger partial charge in [0.25, 0.3) is 0 Å². The lowest BCUT2D eigenvalue weighted by Crippen LogP contribution is -2.09. The van der Waals surface area contributed by atoms with Crippen LogP contribution in [0.4, 0.5) is 0 Å². The van der Waals surface area contributed by atoms with E-state index in [2.05, 4.69) is 60.7 Å². The van der Waals surface area contributed by atoms with E-state index in [9.17, 15) is 5.11 Å². The Labute approximate surface area is 162 Å². The van der Waals surface area contributed by atoms with Gasteiger partial charge in [0.15, 0.2) is 6.29 Å². The fraction of sp³-hybridized carbons (Fsp3) is 0.280. The highest BCUT2D eigenvalue weighted by molar-refractivity contribution is 5.20. The Morgan fingerprint density at radius 3 is 1.85 bits per heavy atom. The summed E-state index contributed by atoms with van der Waals surface area (Å²) in [5, 5.41) is 10.2. The molecule has 0 aliphatic heterocycles. The normalized spacial score (nSPS) is 13.2. The molecule has 27 heavy (non-hydrogen) atoms. The van der Waals surface area contributed by atoms with Crippen LogP contribution >= 0.6 is 0 Å². The summed E-state index contributed by atoms with van der Waals surface area (Å²) in [6, 6.07) is 30.8. The SMILES string of the molecule is OC(OCCC(CCCc1ccccc1)c1ccccc1)c1ccccc1. The fourth-order valence-corrected chi connectivity index (χ4v) is 3.44. The van der Waals surface area contributed by atoms with Gasteiger partial charge in [-0.3, -0.25) is 0 Å². The number of benzene rings is 3. The first kappa shape index (κ1) is 19.3. The lowest BCUT2D eigenvalue weighted by atomic mass is 9.90. The first-order chi connectivity index (χ1) is 13.3. The average Bonchev–Trinajstić information content (AvgIpc) is 2.74. The Bertz CT molecular complexity index is 756. The van der Waals surface area contributed by atoms with Gasteiger partial charge in [-0.2, -0.15) is 0 Å². The molecule has 3 aromatic rings. The van der Waals surface area contributed by atoms with Gasteiger partial charge in [0.2, 0.25) is 0 Å². The van der Waals surface area contributed by atoms with E-state index in [4.69, 9.17) is 4.74 Å². The van der Waals surface area contributed by atoms with E-state index in [-0.39, 0.29) is 0 Å². The van der Waals surface area contributed by atoms with Gasteiger partial charge in [0.1, 0.15) is 0 Å². The molecular formula is C25H28O2. The van der Waals surface area contributed by atoms with E-state index in [1.54, 1.807) is 0 Å². The maximum Gasteiger partial charge on any atom is 0.181 e. The van der Waals surface area contributed by atoms with Gasteiger partial charge in [0.05, 0.1) is 6.61 Å². The summed E-state index contributed by atoms with van der Waals surface area (Å²) >= 11 is 0. The first-order valence-electron chi connectivity index (χ1n) is 9.76. The molecule has 0 fully saturated rings. The lowest BCUT2D eigenvalue weighted by Gasteiger charge is -2.19. The largest absolute Gasteiger partial charge is 0.364 e. The molecule has 140 valence electrons. The first-order valence-corrected chi connectivity index (χ1v) is 9.76. The van der Waals surface area contributed by atoms with Gasteiger partial charge >= 0.3 is 0 Å². The van der Waals surface area contributed by atoms with Crippen LogP contribution in [0.25, 0.3) is 0 Å². The summed E-state index contributed by atoms with van der Waals surface area (Å²) in [6.45, 7) is 0.543. The fourth-order valence-electron chi connectivity index (χ4n) is 3.44. The number of rotatable bonds is 10. The molecule has 0 amide bonds. The van der Waals surface area contributed by atoms with Crippen LogP contribution in [0, 0.1) is 0 Å². The number of aliphatic hydroxyl groups is 1. The zero-order valence-corrected chi connectivity index (χ0v) is 15.7. The van der Waals surface area contributed by atoms with Crippen molar-refractivity contribution in [2.24, 2.45) is 0 Å². The van der Waals surface area contributed by atoms with Gasteiger partial charge in [-0.05, 0) is 42.7 Å². The van der Waals surface area contributed by atoms with Crippen LogP contribution in [-0.2, 0) is 11.2 Å². The Morgan fingerprint density at radius 1 is 0.667 bits per heavy atom. The average molecular weight is 360 g/mol. The number of hydrogen-bond donors (Lipinski definition) is 1. The van der Waals surface area contributed by atoms with Crippen molar-refractivity contribution in [3.05, 3.63) is 108 Å². The Kier molecular flexibility index (Phi) is 7.64. The molecule has 2 atom stereocenters. The monoisotopic (exact) mass is 360 g/mol. The molecule has 0 heterocycles.